The third kappa shape index (κ3) is 2.74. The highest BCUT2D eigenvalue weighted by molar-refractivity contribution is 9.10. The van der Waals surface area contributed by atoms with Crippen LogP contribution in [0, 0.1) is 6.92 Å². The fourth-order valence-corrected chi connectivity index (χ4v) is 1.74. The minimum Gasteiger partial charge on any atom is -0.408 e. The molecule has 0 atom stereocenters. The zero-order valence-corrected chi connectivity index (χ0v) is 10.8. The van der Waals surface area contributed by atoms with E-state index in [0.29, 0.717) is 23.5 Å². The third-order valence-electron chi connectivity index (χ3n) is 1.95. The van der Waals surface area contributed by atoms with Crippen molar-refractivity contribution in [2.24, 2.45) is 0 Å². The number of rotatable bonds is 3. The quantitative estimate of drug-likeness (QED) is 0.944. The van der Waals surface area contributed by atoms with Gasteiger partial charge in [-0.2, -0.15) is 0 Å². The zero-order valence-electron chi connectivity index (χ0n) is 8.50. The molecule has 0 saturated carbocycles. The second-order valence-corrected chi connectivity index (χ2v) is 4.49. The van der Waals surface area contributed by atoms with Crippen LogP contribution in [0.2, 0.25) is 5.02 Å². The van der Waals surface area contributed by atoms with Crippen LogP contribution >= 0.6 is 27.5 Å². The smallest absolute Gasteiger partial charge is 0.315 e. The van der Waals surface area contributed by atoms with Crippen LogP contribution in [0.4, 0.5) is 6.01 Å². The predicted molar refractivity (Wildman–Crippen MR) is 65.5 cm³/mol. The normalized spacial score (nSPS) is 10.4. The first-order valence-corrected chi connectivity index (χ1v) is 5.80. The molecule has 0 spiro atoms. The Kier molecular flexibility index (Phi) is 3.46. The van der Waals surface area contributed by atoms with Gasteiger partial charge in [0.05, 0.1) is 5.02 Å². The Hall–Kier alpha value is -1.07. The lowest BCUT2D eigenvalue weighted by molar-refractivity contribution is 0.530. The van der Waals surface area contributed by atoms with Crippen LogP contribution < -0.4 is 5.32 Å². The van der Waals surface area contributed by atoms with E-state index in [1.807, 2.05) is 18.2 Å². The highest BCUT2D eigenvalue weighted by Crippen LogP contribution is 2.23. The van der Waals surface area contributed by atoms with Gasteiger partial charge in [0.1, 0.15) is 0 Å². The minimum atomic E-state index is 0.420. The van der Waals surface area contributed by atoms with E-state index in [4.69, 9.17) is 16.0 Å². The summed E-state index contributed by atoms with van der Waals surface area (Å²) in [6.45, 7) is 2.36. The van der Waals surface area contributed by atoms with Gasteiger partial charge in [-0.1, -0.05) is 22.8 Å². The molecule has 0 aliphatic heterocycles. The lowest BCUT2D eigenvalue weighted by Gasteiger charge is -2.03. The van der Waals surface area contributed by atoms with Crippen molar-refractivity contribution >= 4 is 33.5 Å². The van der Waals surface area contributed by atoms with Crippen molar-refractivity contribution in [3.63, 3.8) is 0 Å². The van der Waals surface area contributed by atoms with E-state index in [2.05, 4.69) is 31.4 Å². The summed E-state index contributed by atoms with van der Waals surface area (Å²) in [4.78, 5) is 0. The lowest BCUT2D eigenvalue weighted by atomic mass is 10.2. The van der Waals surface area contributed by atoms with Gasteiger partial charge in [-0.3, -0.25) is 0 Å². The van der Waals surface area contributed by atoms with Gasteiger partial charge < -0.3 is 9.73 Å². The van der Waals surface area contributed by atoms with Crippen LogP contribution in [-0.4, -0.2) is 10.2 Å². The number of halogens is 2. The number of hydrogen-bond acceptors (Lipinski definition) is 4. The number of hydrogen-bond donors (Lipinski definition) is 1. The molecule has 2 aromatic rings. The van der Waals surface area contributed by atoms with E-state index in [-0.39, 0.29) is 0 Å². The molecule has 1 aromatic carbocycles. The first-order chi connectivity index (χ1) is 7.65. The van der Waals surface area contributed by atoms with Crippen LogP contribution in [0.5, 0.6) is 0 Å². The van der Waals surface area contributed by atoms with Crippen molar-refractivity contribution in [2.45, 2.75) is 13.5 Å². The highest BCUT2D eigenvalue weighted by atomic mass is 79.9. The first kappa shape index (κ1) is 11.4. The highest BCUT2D eigenvalue weighted by Gasteiger charge is 2.02. The zero-order chi connectivity index (χ0) is 11.5. The number of benzene rings is 1. The summed E-state index contributed by atoms with van der Waals surface area (Å²) in [5.74, 6) is 0.541. The molecule has 0 fully saturated rings. The summed E-state index contributed by atoms with van der Waals surface area (Å²) < 4.78 is 6.06. The van der Waals surface area contributed by atoms with Gasteiger partial charge in [-0.15, -0.1) is 5.10 Å². The molecule has 1 aromatic heterocycles. The maximum absolute atomic E-state index is 5.89. The molecule has 0 aliphatic carbocycles. The molecule has 1 heterocycles. The predicted octanol–water partition coefficient (Wildman–Crippen LogP) is 3.41. The average Bonchev–Trinajstić information content (AvgIpc) is 2.66. The molecular formula is C10H9BrClN3O. The number of nitrogens with one attached hydrogen (secondary N) is 1. The fourth-order valence-electron chi connectivity index (χ4n) is 1.20. The van der Waals surface area contributed by atoms with Crippen LogP contribution in [-0.2, 0) is 6.54 Å². The molecule has 2 rings (SSSR count). The summed E-state index contributed by atoms with van der Waals surface area (Å²) >= 11 is 9.26. The van der Waals surface area contributed by atoms with Crippen LogP contribution in [0.1, 0.15) is 11.5 Å². The van der Waals surface area contributed by atoms with Gasteiger partial charge in [0, 0.05) is 17.9 Å². The van der Waals surface area contributed by atoms with Crippen molar-refractivity contribution < 1.29 is 4.42 Å². The Morgan fingerprint density at radius 3 is 2.88 bits per heavy atom. The monoisotopic (exact) mass is 301 g/mol. The standard InChI is InChI=1S/C10H9BrClN3O/c1-6-14-15-10(16-6)13-5-7-2-3-9(12)8(11)4-7/h2-4H,5H2,1H3,(H,13,15). The van der Waals surface area contributed by atoms with E-state index in [1.54, 1.807) is 6.92 Å². The molecule has 84 valence electrons. The molecular weight excluding hydrogens is 293 g/mol. The first-order valence-electron chi connectivity index (χ1n) is 4.63. The van der Waals surface area contributed by atoms with Crippen LogP contribution in [0.3, 0.4) is 0 Å². The van der Waals surface area contributed by atoms with E-state index in [9.17, 15) is 0 Å². The topological polar surface area (TPSA) is 51.0 Å². The summed E-state index contributed by atoms with van der Waals surface area (Å²) in [6.07, 6.45) is 0. The van der Waals surface area contributed by atoms with Crippen molar-refractivity contribution in [1.29, 1.82) is 0 Å². The Morgan fingerprint density at radius 2 is 2.25 bits per heavy atom. The molecule has 0 bridgehead atoms. The Labute approximate surface area is 106 Å². The lowest BCUT2D eigenvalue weighted by Crippen LogP contribution is -1.99. The van der Waals surface area contributed by atoms with Crippen LogP contribution in [0.25, 0.3) is 0 Å². The second kappa shape index (κ2) is 4.84. The summed E-state index contributed by atoms with van der Waals surface area (Å²) in [5, 5.41) is 11.3. The maximum Gasteiger partial charge on any atom is 0.315 e. The third-order valence-corrected chi connectivity index (χ3v) is 3.17. The molecule has 0 aliphatic rings. The van der Waals surface area contributed by atoms with Gasteiger partial charge in [0.15, 0.2) is 0 Å². The number of aryl methyl sites for hydroxylation is 1. The second-order valence-electron chi connectivity index (χ2n) is 3.23. The van der Waals surface area contributed by atoms with E-state index in [1.165, 1.54) is 0 Å². The molecule has 4 nitrogen and oxygen atoms in total. The molecule has 0 radical (unpaired) electrons. The Morgan fingerprint density at radius 1 is 1.44 bits per heavy atom. The van der Waals surface area contributed by atoms with Gasteiger partial charge in [0.2, 0.25) is 5.89 Å². The molecule has 0 saturated heterocycles. The molecule has 0 unspecified atom stereocenters. The summed E-state index contributed by atoms with van der Waals surface area (Å²) in [6, 6.07) is 6.13. The number of anilines is 1. The van der Waals surface area contributed by atoms with Gasteiger partial charge in [-0.25, -0.2) is 0 Å². The maximum atomic E-state index is 5.89. The molecule has 1 N–H and O–H groups in total. The van der Waals surface area contributed by atoms with E-state index >= 15 is 0 Å². The average molecular weight is 303 g/mol. The van der Waals surface area contributed by atoms with Crippen molar-refractivity contribution in [3.8, 4) is 0 Å². The minimum absolute atomic E-state index is 0.420. The van der Waals surface area contributed by atoms with Gasteiger partial charge >= 0.3 is 6.01 Å². The van der Waals surface area contributed by atoms with E-state index in [0.717, 1.165) is 10.0 Å². The van der Waals surface area contributed by atoms with Crippen LogP contribution in [0.15, 0.2) is 27.1 Å². The van der Waals surface area contributed by atoms with Gasteiger partial charge in [-0.05, 0) is 33.6 Å². The summed E-state index contributed by atoms with van der Waals surface area (Å²) in [5.41, 5.74) is 1.08. The van der Waals surface area contributed by atoms with Gasteiger partial charge in [0.25, 0.3) is 0 Å². The summed E-state index contributed by atoms with van der Waals surface area (Å²) in [7, 11) is 0. The molecule has 6 heteroatoms. The van der Waals surface area contributed by atoms with Crippen molar-refractivity contribution in [1.82, 2.24) is 10.2 Å². The van der Waals surface area contributed by atoms with E-state index < -0.39 is 0 Å². The number of nitrogens with zero attached hydrogens (tertiary/aromatic N) is 2. The SMILES string of the molecule is Cc1nnc(NCc2ccc(Cl)c(Br)c2)o1. The Bertz CT molecular complexity index is 501. The largest absolute Gasteiger partial charge is 0.408 e. The fraction of sp³-hybridized carbons (Fsp3) is 0.200. The molecule has 0 amide bonds. The molecule has 16 heavy (non-hydrogen) atoms. The van der Waals surface area contributed by atoms with Crippen molar-refractivity contribution in [3.05, 3.63) is 39.1 Å². The Balaban J connectivity index is 2.02. The van der Waals surface area contributed by atoms with Crippen molar-refractivity contribution in [2.75, 3.05) is 5.32 Å². The number of aromatic nitrogens is 2.